The largest absolute Gasteiger partial charge is 0.459 e. The Balaban J connectivity index is 2.48. The maximum atomic E-state index is 6.01. The quantitative estimate of drug-likeness (QED) is 0.629. The Hall–Kier alpha value is -1.07. The van der Waals surface area contributed by atoms with E-state index in [2.05, 4.69) is 19.3 Å². The molecule has 0 amide bonds. The van der Waals surface area contributed by atoms with Gasteiger partial charge in [0.05, 0.1) is 5.60 Å². The first-order valence-electron chi connectivity index (χ1n) is 6.80. The first-order chi connectivity index (χ1) is 9.60. The second kappa shape index (κ2) is 6.14. The molecule has 1 unspecified atom stereocenters. The molecule has 0 saturated carbocycles. The minimum absolute atomic E-state index is 0.214. The Kier molecular flexibility index (Phi) is 4.70. The minimum Gasteiger partial charge on any atom is -0.459 e. The molecule has 1 atom stereocenters. The van der Waals surface area contributed by atoms with Gasteiger partial charge in [-0.25, -0.2) is 5.43 Å². The fourth-order valence-corrected chi connectivity index (χ4v) is 2.92. The second-order valence-electron chi connectivity index (χ2n) is 4.91. The van der Waals surface area contributed by atoms with E-state index in [1.54, 1.807) is 7.11 Å². The summed E-state index contributed by atoms with van der Waals surface area (Å²) < 4.78 is 11.6. The average Bonchev–Trinajstić information content (AvgIpc) is 2.87. The Morgan fingerprint density at radius 1 is 1.35 bits per heavy atom. The van der Waals surface area contributed by atoms with Crippen LogP contribution in [0, 0.1) is 0 Å². The van der Waals surface area contributed by atoms with E-state index in [1.165, 1.54) is 0 Å². The lowest BCUT2D eigenvalue weighted by Gasteiger charge is -2.36. The number of hydrogen-bond donors (Lipinski definition) is 2. The van der Waals surface area contributed by atoms with E-state index >= 15 is 0 Å². The topological polar surface area (TPSA) is 60.4 Å². The number of hydrazine groups is 1. The molecule has 3 N–H and O–H groups in total. The average molecular weight is 297 g/mol. The first kappa shape index (κ1) is 15.3. The lowest BCUT2D eigenvalue weighted by atomic mass is 9.87. The van der Waals surface area contributed by atoms with E-state index in [1.807, 2.05) is 24.3 Å². The van der Waals surface area contributed by atoms with E-state index in [4.69, 9.17) is 26.6 Å². The molecule has 0 aliphatic carbocycles. The predicted octanol–water partition coefficient (Wildman–Crippen LogP) is 3.80. The van der Waals surface area contributed by atoms with Gasteiger partial charge in [0.1, 0.15) is 17.4 Å². The lowest BCUT2D eigenvalue weighted by molar-refractivity contribution is -0.0533. The van der Waals surface area contributed by atoms with Crippen molar-refractivity contribution in [3.8, 4) is 0 Å². The number of ether oxygens (including phenoxy) is 1. The van der Waals surface area contributed by atoms with Crippen molar-refractivity contribution in [1.82, 2.24) is 5.43 Å². The van der Waals surface area contributed by atoms with Gasteiger partial charge in [0.15, 0.2) is 0 Å². The van der Waals surface area contributed by atoms with Crippen LogP contribution in [0.2, 0.25) is 5.02 Å². The summed E-state index contributed by atoms with van der Waals surface area (Å²) in [6.07, 6.45) is 1.65. The van der Waals surface area contributed by atoms with Crippen molar-refractivity contribution in [2.75, 3.05) is 7.11 Å². The highest BCUT2D eigenvalue weighted by atomic mass is 35.5. The van der Waals surface area contributed by atoms with Crippen LogP contribution in [0.15, 0.2) is 28.7 Å². The summed E-state index contributed by atoms with van der Waals surface area (Å²) in [5.74, 6) is 6.51. The SMILES string of the molecule is CCC(CC)(OC)C(NN)c1cc2cc(Cl)ccc2o1. The van der Waals surface area contributed by atoms with Crippen LogP contribution in [0.25, 0.3) is 11.0 Å². The van der Waals surface area contributed by atoms with Crippen molar-refractivity contribution in [2.45, 2.75) is 38.3 Å². The molecule has 2 rings (SSSR count). The van der Waals surface area contributed by atoms with Gasteiger partial charge in [-0.15, -0.1) is 0 Å². The molecule has 0 aliphatic heterocycles. The van der Waals surface area contributed by atoms with Crippen molar-refractivity contribution >= 4 is 22.6 Å². The molecule has 0 fully saturated rings. The van der Waals surface area contributed by atoms with Gasteiger partial charge >= 0.3 is 0 Å². The number of hydrogen-bond acceptors (Lipinski definition) is 4. The summed E-state index contributed by atoms with van der Waals surface area (Å²) in [5, 5.41) is 1.65. The number of fused-ring (bicyclic) bond motifs is 1. The van der Waals surface area contributed by atoms with Crippen molar-refractivity contribution in [3.05, 3.63) is 35.0 Å². The lowest BCUT2D eigenvalue weighted by Crippen LogP contribution is -2.47. The number of benzene rings is 1. The van der Waals surface area contributed by atoms with Crippen LogP contribution in [0.5, 0.6) is 0 Å². The van der Waals surface area contributed by atoms with E-state index in [9.17, 15) is 0 Å². The third-order valence-electron chi connectivity index (χ3n) is 4.08. The standard InChI is InChI=1S/C15H21ClN2O2/c1-4-15(5-2,19-3)14(18-17)13-9-10-8-11(16)6-7-12(10)20-13/h6-9,14,18H,4-5,17H2,1-3H3. The van der Waals surface area contributed by atoms with Crippen LogP contribution >= 0.6 is 11.6 Å². The van der Waals surface area contributed by atoms with Crippen molar-refractivity contribution in [3.63, 3.8) is 0 Å². The second-order valence-corrected chi connectivity index (χ2v) is 5.34. The molecule has 20 heavy (non-hydrogen) atoms. The van der Waals surface area contributed by atoms with Crippen LogP contribution in [0.3, 0.4) is 0 Å². The molecular formula is C15H21ClN2O2. The third kappa shape index (κ3) is 2.56. The zero-order valence-electron chi connectivity index (χ0n) is 12.1. The third-order valence-corrected chi connectivity index (χ3v) is 4.31. The van der Waals surface area contributed by atoms with E-state index in [-0.39, 0.29) is 6.04 Å². The Morgan fingerprint density at radius 3 is 2.60 bits per heavy atom. The van der Waals surface area contributed by atoms with Crippen molar-refractivity contribution in [1.29, 1.82) is 0 Å². The zero-order valence-corrected chi connectivity index (χ0v) is 12.8. The number of methoxy groups -OCH3 is 1. The molecule has 2 aromatic rings. The monoisotopic (exact) mass is 296 g/mol. The van der Waals surface area contributed by atoms with Gasteiger partial charge in [-0.3, -0.25) is 5.84 Å². The van der Waals surface area contributed by atoms with Crippen LogP contribution in [-0.4, -0.2) is 12.7 Å². The smallest absolute Gasteiger partial charge is 0.134 e. The molecule has 1 aromatic heterocycles. The molecular weight excluding hydrogens is 276 g/mol. The molecule has 1 aromatic carbocycles. The van der Waals surface area contributed by atoms with Gasteiger partial charge in [-0.2, -0.15) is 0 Å². The highest BCUT2D eigenvalue weighted by Crippen LogP contribution is 2.37. The Morgan fingerprint density at radius 2 is 2.05 bits per heavy atom. The van der Waals surface area contributed by atoms with Gasteiger partial charge in [0.25, 0.3) is 0 Å². The number of rotatable bonds is 6. The van der Waals surface area contributed by atoms with Gasteiger partial charge in [0.2, 0.25) is 0 Å². The van der Waals surface area contributed by atoms with Crippen molar-refractivity contribution in [2.24, 2.45) is 5.84 Å². The van der Waals surface area contributed by atoms with Gasteiger partial charge in [-0.05, 0) is 37.1 Å². The number of nitrogens with two attached hydrogens (primary N) is 1. The van der Waals surface area contributed by atoms with Gasteiger partial charge in [-0.1, -0.05) is 25.4 Å². The highest BCUT2D eigenvalue weighted by molar-refractivity contribution is 6.31. The zero-order chi connectivity index (χ0) is 14.8. The van der Waals surface area contributed by atoms with E-state index < -0.39 is 5.60 Å². The summed E-state index contributed by atoms with van der Waals surface area (Å²) in [6.45, 7) is 4.16. The maximum Gasteiger partial charge on any atom is 0.134 e. The number of halogens is 1. The molecule has 0 radical (unpaired) electrons. The van der Waals surface area contributed by atoms with Crippen LogP contribution in [-0.2, 0) is 4.74 Å². The van der Waals surface area contributed by atoms with Crippen LogP contribution in [0.1, 0.15) is 38.5 Å². The molecule has 5 heteroatoms. The molecule has 0 aliphatic rings. The summed E-state index contributed by atoms with van der Waals surface area (Å²) in [5.41, 5.74) is 3.23. The minimum atomic E-state index is -0.396. The summed E-state index contributed by atoms with van der Waals surface area (Å²) in [6, 6.07) is 7.30. The summed E-state index contributed by atoms with van der Waals surface area (Å²) in [7, 11) is 1.71. The fourth-order valence-electron chi connectivity index (χ4n) is 2.74. The van der Waals surface area contributed by atoms with Gasteiger partial charge < -0.3 is 9.15 Å². The molecule has 0 saturated heterocycles. The number of nitrogens with one attached hydrogen (secondary N) is 1. The predicted molar refractivity (Wildman–Crippen MR) is 81.6 cm³/mol. The normalized spacial score (nSPS) is 13.8. The molecule has 0 spiro atoms. The Bertz CT molecular complexity index is 570. The fraction of sp³-hybridized carbons (Fsp3) is 0.467. The van der Waals surface area contributed by atoms with E-state index in [0.717, 1.165) is 29.6 Å². The van der Waals surface area contributed by atoms with Crippen LogP contribution in [0.4, 0.5) is 0 Å². The van der Waals surface area contributed by atoms with E-state index in [0.29, 0.717) is 5.02 Å². The maximum absolute atomic E-state index is 6.01. The Labute approximate surface area is 124 Å². The summed E-state index contributed by atoms with van der Waals surface area (Å²) >= 11 is 6.01. The first-order valence-corrected chi connectivity index (χ1v) is 7.18. The molecule has 1 heterocycles. The highest BCUT2D eigenvalue weighted by Gasteiger charge is 2.38. The van der Waals surface area contributed by atoms with Gasteiger partial charge in [0, 0.05) is 17.5 Å². The van der Waals surface area contributed by atoms with Crippen molar-refractivity contribution < 1.29 is 9.15 Å². The van der Waals surface area contributed by atoms with Crippen LogP contribution < -0.4 is 11.3 Å². The molecule has 4 nitrogen and oxygen atoms in total. The summed E-state index contributed by atoms with van der Waals surface area (Å²) in [4.78, 5) is 0. The molecule has 110 valence electrons. The molecule has 0 bridgehead atoms. The number of furan rings is 1.